The maximum absolute atomic E-state index is 11.6. The van der Waals surface area contributed by atoms with Gasteiger partial charge in [-0.15, -0.1) is 0 Å². The number of hydrogen-bond acceptors (Lipinski definition) is 3. The molecule has 0 bridgehead atoms. The number of halogens is 1. The normalized spacial score (nSPS) is 11.4. The Balaban J connectivity index is 2.59. The van der Waals surface area contributed by atoms with Crippen LogP contribution in [0.4, 0.5) is 5.69 Å². The number of rotatable bonds is 6. The van der Waals surface area contributed by atoms with E-state index in [9.17, 15) is 8.42 Å². The molecule has 1 rings (SSSR count). The van der Waals surface area contributed by atoms with Gasteiger partial charge in [0.2, 0.25) is 10.0 Å². The first-order valence-corrected chi connectivity index (χ1v) is 6.97. The van der Waals surface area contributed by atoms with Gasteiger partial charge in [0.05, 0.1) is 5.75 Å². The summed E-state index contributed by atoms with van der Waals surface area (Å²) in [6, 6.07) is 6.65. The highest BCUT2D eigenvalue weighted by Crippen LogP contribution is 2.16. The largest absolute Gasteiger partial charge is 0.320 e. The fraction of sp³-hybridized carbons (Fsp3) is 0.400. The Hall–Kier alpha value is -0.780. The summed E-state index contributed by atoms with van der Waals surface area (Å²) >= 11 is 5.76. The van der Waals surface area contributed by atoms with Crippen LogP contribution in [-0.2, 0) is 10.0 Å². The fourth-order valence-corrected chi connectivity index (χ4v) is 2.52. The molecule has 0 aromatic heterocycles. The van der Waals surface area contributed by atoms with E-state index in [-0.39, 0.29) is 5.75 Å². The summed E-state index contributed by atoms with van der Waals surface area (Å²) in [6.07, 6.45) is 0.576. The van der Waals surface area contributed by atoms with Crippen LogP contribution in [0, 0.1) is 0 Å². The van der Waals surface area contributed by atoms with E-state index >= 15 is 0 Å². The van der Waals surface area contributed by atoms with Crippen LogP contribution < -0.4 is 10.0 Å². The van der Waals surface area contributed by atoms with Gasteiger partial charge in [-0.2, -0.15) is 0 Å². The number of sulfonamides is 1. The van der Waals surface area contributed by atoms with Crippen LogP contribution >= 0.6 is 11.6 Å². The van der Waals surface area contributed by atoms with E-state index in [1.807, 2.05) is 0 Å². The van der Waals surface area contributed by atoms with E-state index in [2.05, 4.69) is 10.0 Å². The Morgan fingerprint density at radius 2 is 2.12 bits per heavy atom. The van der Waals surface area contributed by atoms with Crippen molar-refractivity contribution < 1.29 is 8.42 Å². The van der Waals surface area contributed by atoms with Gasteiger partial charge in [-0.1, -0.05) is 17.7 Å². The number of hydrogen-bond donors (Lipinski definition) is 2. The average molecular weight is 263 g/mol. The molecule has 16 heavy (non-hydrogen) atoms. The van der Waals surface area contributed by atoms with Gasteiger partial charge in [0.15, 0.2) is 0 Å². The molecular formula is C10H15ClN2O2S. The molecule has 4 nitrogen and oxygen atoms in total. The van der Waals surface area contributed by atoms with Gasteiger partial charge >= 0.3 is 0 Å². The second-order valence-electron chi connectivity index (χ2n) is 3.39. The Morgan fingerprint density at radius 3 is 2.75 bits per heavy atom. The lowest BCUT2D eigenvalue weighted by Gasteiger charge is -2.07. The summed E-state index contributed by atoms with van der Waals surface area (Å²) in [6.45, 7) is 0.677. The van der Waals surface area contributed by atoms with Crippen molar-refractivity contribution in [3.05, 3.63) is 29.3 Å². The minimum Gasteiger partial charge on any atom is -0.320 e. The summed E-state index contributed by atoms with van der Waals surface area (Å²) in [5.41, 5.74) is 0.497. The van der Waals surface area contributed by atoms with Gasteiger partial charge in [0.25, 0.3) is 0 Å². The van der Waals surface area contributed by atoms with Gasteiger partial charge in [-0.05, 0) is 38.2 Å². The molecule has 1 aromatic rings. The van der Waals surface area contributed by atoms with Crippen molar-refractivity contribution in [1.29, 1.82) is 0 Å². The third-order valence-electron chi connectivity index (χ3n) is 1.94. The van der Waals surface area contributed by atoms with Crippen LogP contribution in [0.2, 0.25) is 5.02 Å². The van der Waals surface area contributed by atoms with Gasteiger partial charge < -0.3 is 5.32 Å². The zero-order chi connectivity index (χ0) is 12.0. The van der Waals surface area contributed by atoms with Crippen LogP contribution in [0.25, 0.3) is 0 Å². The monoisotopic (exact) mass is 262 g/mol. The van der Waals surface area contributed by atoms with Crippen LogP contribution in [0.15, 0.2) is 24.3 Å². The van der Waals surface area contributed by atoms with Crippen molar-refractivity contribution in [2.24, 2.45) is 0 Å². The van der Waals surface area contributed by atoms with Crippen LogP contribution in [0.3, 0.4) is 0 Å². The van der Waals surface area contributed by atoms with E-state index in [0.29, 0.717) is 23.7 Å². The minimum atomic E-state index is -3.27. The molecule has 0 atom stereocenters. The Morgan fingerprint density at radius 1 is 1.38 bits per heavy atom. The molecule has 2 N–H and O–H groups in total. The van der Waals surface area contributed by atoms with Crippen molar-refractivity contribution in [2.75, 3.05) is 24.1 Å². The topological polar surface area (TPSA) is 58.2 Å². The van der Waals surface area contributed by atoms with Crippen LogP contribution in [0.5, 0.6) is 0 Å². The van der Waals surface area contributed by atoms with Crippen molar-refractivity contribution >= 4 is 27.3 Å². The highest BCUT2D eigenvalue weighted by molar-refractivity contribution is 7.92. The standard InChI is InChI=1S/C10H15ClN2O2S/c1-12-6-3-7-16(14,15)13-10-5-2-4-9(11)8-10/h2,4-5,8,12-13H,3,6-7H2,1H3. The van der Waals surface area contributed by atoms with E-state index in [4.69, 9.17) is 11.6 Å². The molecule has 0 saturated carbocycles. The SMILES string of the molecule is CNCCCS(=O)(=O)Nc1cccc(Cl)c1. The highest BCUT2D eigenvalue weighted by Gasteiger charge is 2.09. The van der Waals surface area contributed by atoms with E-state index in [0.717, 1.165) is 0 Å². The molecule has 1 aromatic carbocycles. The molecule has 0 aliphatic rings. The minimum absolute atomic E-state index is 0.0976. The molecule has 0 unspecified atom stereocenters. The van der Waals surface area contributed by atoms with Crippen molar-refractivity contribution in [1.82, 2.24) is 5.32 Å². The van der Waals surface area contributed by atoms with E-state index in [1.54, 1.807) is 31.3 Å². The zero-order valence-corrected chi connectivity index (χ0v) is 10.6. The third kappa shape index (κ3) is 4.83. The molecule has 0 amide bonds. The molecule has 0 spiro atoms. The first-order valence-electron chi connectivity index (χ1n) is 4.94. The van der Waals surface area contributed by atoms with Gasteiger partial charge in [0.1, 0.15) is 0 Å². The van der Waals surface area contributed by atoms with E-state index in [1.165, 1.54) is 0 Å². The molecular weight excluding hydrogens is 248 g/mol. The molecule has 0 aliphatic carbocycles. The maximum Gasteiger partial charge on any atom is 0.232 e. The Bertz CT molecular complexity index is 434. The number of nitrogens with one attached hydrogen (secondary N) is 2. The van der Waals surface area contributed by atoms with Crippen LogP contribution in [0.1, 0.15) is 6.42 Å². The van der Waals surface area contributed by atoms with Gasteiger partial charge in [0, 0.05) is 10.7 Å². The smallest absolute Gasteiger partial charge is 0.232 e. The molecule has 0 aliphatic heterocycles. The maximum atomic E-state index is 11.6. The van der Waals surface area contributed by atoms with Crippen molar-refractivity contribution in [3.8, 4) is 0 Å². The lowest BCUT2D eigenvalue weighted by molar-refractivity contribution is 0.597. The first kappa shape index (κ1) is 13.3. The van der Waals surface area contributed by atoms with Gasteiger partial charge in [-0.25, -0.2) is 8.42 Å². The summed E-state index contributed by atoms with van der Waals surface area (Å²) in [4.78, 5) is 0. The molecule has 0 heterocycles. The van der Waals surface area contributed by atoms with Crippen LogP contribution in [-0.4, -0.2) is 27.8 Å². The highest BCUT2D eigenvalue weighted by atomic mass is 35.5. The summed E-state index contributed by atoms with van der Waals surface area (Å²) in [5, 5.41) is 3.41. The molecule has 0 saturated heterocycles. The molecule has 0 fully saturated rings. The predicted octanol–water partition coefficient (Wildman–Crippen LogP) is 1.69. The third-order valence-corrected chi connectivity index (χ3v) is 3.55. The molecule has 0 radical (unpaired) electrons. The first-order chi connectivity index (χ1) is 7.53. The van der Waals surface area contributed by atoms with Crippen molar-refractivity contribution in [2.45, 2.75) is 6.42 Å². The Labute approximate surface area is 101 Å². The average Bonchev–Trinajstić information content (AvgIpc) is 2.17. The quantitative estimate of drug-likeness (QED) is 0.767. The number of anilines is 1. The summed E-state index contributed by atoms with van der Waals surface area (Å²) < 4.78 is 25.7. The zero-order valence-electron chi connectivity index (χ0n) is 9.03. The Kier molecular flexibility index (Phi) is 5.05. The summed E-state index contributed by atoms with van der Waals surface area (Å²) in [7, 11) is -1.48. The van der Waals surface area contributed by atoms with Crippen molar-refractivity contribution in [3.63, 3.8) is 0 Å². The second kappa shape index (κ2) is 6.08. The second-order valence-corrected chi connectivity index (χ2v) is 5.67. The van der Waals surface area contributed by atoms with E-state index < -0.39 is 10.0 Å². The molecule has 6 heteroatoms. The fourth-order valence-electron chi connectivity index (χ4n) is 1.22. The predicted molar refractivity (Wildman–Crippen MR) is 67.4 cm³/mol. The molecule has 90 valence electrons. The number of benzene rings is 1. The summed E-state index contributed by atoms with van der Waals surface area (Å²) in [5.74, 6) is 0.0976. The lowest BCUT2D eigenvalue weighted by atomic mass is 10.3. The lowest BCUT2D eigenvalue weighted by Crippen LogP contribution is -2.20. The van der Waals surface area contributed by atoms with Gasteiger partial charge in [-0.3, -0.25) is 4.72 Å².